The largest absolute Gasteiger partial charge is 0.383 e. The molecule has 2 aromatic heterocycles. The molecule has 6 heteroatoms. The molecule has 94 valence electrons. The second kappa shape index (κ2) is 5.49. The maximum absolute atomic E-state index is 12.1. The Morgan fingerprint density at radius 3 is 3.06 bits per heavy atom. The van der Waals surface area contributed by atoms with Gasteiger partial charge >= 0.3 is 0 Å². The van der Waals surface area contributed by atoms with E-state index < -0.39 is 0 Å². The van der Waals surface area contributed by atoms with Crippen LogP contribution in [-0.2, 0) is 0 Å². The predicted molar refractivity (Wildman–Crippen MR) is 76.5 cm³/mol. The quantitative estimate of drug-likeness (QED) is 0.911. The number of rotatable bonds is 3. The highest BCUT2D eigenvalue weighted by Gasteiger charge is 2.15. The average Bonchev–Trinajstić information content (AvgIpc) is 2.85. The lowest BCUT2D eigenvalue weighted by atomic mass is 10.2. The SMILES string of the molecule is CC(NC(=O)c1cc(Br)cnc1N)c1cccs1. The van der Waals surface area contributed by atoms with Crippen LogP contribution in [0.1, 0.15) is 28.2 Å². The molecule has 0 spiro atoms. The van der Waals surface area contributed by atoms with E-state index in [9.17, 15) is 4.79 Å². The summed E-state index contributed by atoms with van der Waals surface area (Å²) in [4.78, 5) is 17.1. The van der Waals surface area contributed by atoms with Crippen LogP contribution < -0.4 is 11.1 Å². The Labute approximate surface area is 117 Å². The standard InChI is InChI=1S/C12H12BrN3OS/c1-7(10-3-2-4-18-10)16-12(17)9-5-8(13)6-15-11(9)14/h2-7H,1H3,(H2,14,15)(H,16,17). The maximum Gasteiger partial charge on any atom is 0.255 e. The number of nitrogens with two attached hydrogens (primary N) is 1. The highest BCUT2D eigenvalue weighted by atomic mass is 79.9. The number of nitrogen functional groups attached to an aromatic ring is 1. The molecule has 0 saturated carbocycles. The van der Waals surface area contributed by atoms with Crippen molar-refractivity contribution in [3.05, 3.63) is 44.7 Å². The lowest BCUT2D eigenvalue weighted by molar-refractivity contribution is 0.0941. The third kappa shape index (κ3) is 2.88. The smallest absolute Gasteiger partial charge is 0.255 e. The predicted octanol–water partition coefficient (Wildman–Crippen LogP) is 2.98. The first-order valence-corrected chi connectivity index (χ1v) is 7.00. The van der Waals surface area contributed by atoms with E-state index in [-0.39, 0.29) is 17.8 Å². The monoisotopic (exact) mass is 325 g/mol. The third-order valence-electron chi connectivity index (χ3n) is 2.45. The van der Waals surface area contributed by atoms with Crippen molar-refractivity contribution >= 4 is 39.0 Å². The Hall–Kier alpha value is -1.40. The summed E-state index contributed by atoms with van der Waals surface area (Å²) in [5.74, 6) is 0.0104. The van der Waals surface area contributed by atoms with Gasteiger partial charge in [0, 0.05) is 15.5 Å². The highest BCUT2D eigenvalue weighted by molar-refractivity contribution is 9.10. The minimum atomic E-state index is -0.220. The van der Waals surface area contributed by atoms with Crippen molar-refractivity contribution in [1.29, 1.82) is 0 Å². The van der Waals surface area contributed by atoms with E-state index in [2.05, 4.69) is 26.2 Å². The summed E-state index contributed by atoms with van der Waals surface area (Å²) in [5, 5.41) is 4.88. The number of hydrogen-bond acceptors (Lipinski definition) is 4. The normalized spacial score (nSPS) is 12.1. The summed E-state index contributed by atoms with van der Waals surface area (Å²) in [6.45, 7) is 1.94. The molecule has 4 nitrogen and oxygen atoms in total. The molecule has 0 aliphatic heterocycles. The van der Waals surface area contributed by atoms with Gasteiger partial charge in [-0.2, -0.15) is 0 Å². The van der Waals surface area contributed by atoms with Gasteiger partial charge in [-0.1, -0.05) is 6.07 Å². The Kier molecular flexibility index (Phi) is 3.98. The number of amides is 1. The molecule has 0 aromatic carbocycles. The molecule has 18 heavy (non-hydrogen) atoms. The fourth-order valence-corrected chi connectivity index (χ4v) is 2.58. The van der Waals surface area contributed by atoms with Crippen molar-refractivity contribution < 1.29 is 4.79 Å². The van der Waals surface area contributed by atoms with Crippen LogP contribution in [0.5, 0.6) is 0 Å². The van der Waals surface area contributed by atoms with Crippen LogP contribution in [0.3, 0.4) is 0 Å². The molecule has 3 N–H and O–H groups in total. The molecule has 0 bridgehead atoms. The van der Waals surface area contributed by atoms with Gasteiger partial charge in [0.1, 0.15) is 5.82 Å². The third-order valence-corrected chi connectivity index (χ3v) is 3.94. The summed E-state index contributed by atoms with van der Waals surface area (Å²) in [6, 6.07) is 5.56. The van der Waals surface area contributed by atoms with Crippen molar-refractivity contribution in [1.82, 2.24) is 10.3 Å². The van der Waals surface area contributed by atoms with Crippen LogP contribution in [0.15, 0.2) is 34.2 Å². The van der Waals surface area contributed by atoms with Gasteiger partial charge in [-0.05, 0) is 40.4 Å². The first-order chi connectivity index (χ1) is 8.58. The van der Waals surface area contributed by atoms with Gasteiger partial charge in [-0.25, -0.2) is 4.98 Å². The molecule has 0 radical (unpaired) electrons. The first-order valence-electron chi connectivity index (χ1n) is 5.33. The number of carbonyl (C=O) groups is 1. The summed E-state index contributed by atoms with van der Waals surface area (Å²) in [6.07, 6.45) is 1.56. The average molecular weight is 326 g/mol. The molecule has 1 amide bonds. The first kappa shape index (κ1) is 13.0. The topological polar surface area (TPSA) is 68.0 Å². The Morgan fingerprint density at radius 2 is 2.39 bits per heavy atom. The molecule has 1 unspecified atom stereocenters. The molecule has 2 rings (SSSR count). The zero-order chi connectivity index (χ0) is 13.1. The minimum Gasteiger partial charge on any atom is -0.383 e. The number of hydrogen-bond donors (Lipinski definition) is 2. The lowest BCUT2D eigenvalue weighted by Crippen LogP contribution is -2.27. The van der Waals surface area contributed by atoms with Gasteiger partial charge in [0.25, 0.3) is 5.91 Å². The van der Waals surface area contributed by atoms with Crippen molar-refractivity contribution in [2.24, 2.45) is 0 Å². The van der Waals surface area contributed by atoms with Crippen molar-refractivity contribution in [3.63, 3.8) is 0 Å². The fraction of sp³-hybridized carbons (Fsp3) is 0.167. The Morgan fingerprint density at radius 1 is 1.61 bits per heavy atom. The summed E-state index contributed by atoms with van der Waals surface area (Å²) in [5.41, 5.74) is 6.08. The molecule has 2 aromatic rings. The van der Waals surface area contributed by atoms with E-state index in [1.807, 2.05) is 24.4 Å². The second-order valence-corrected chi connectivity index (χ2v) is 5.69. The minimum absolute atomic E-state index is 0.0455. The molecule has 0 aliphatic rings. The van der Waals surface area contributed by atoms with E-state index in [1.54, 1.807) is 23.6 Å². The number of halogens is 1. The van der Waals surface area contributed by atoms with Crippen molar-refractivity contribution in [2.75, 3.05) is 5.73 Å². The van der Waals surface area contributed by atoms with E-state index in [0.717, 1.165) is 9.35 Å². The van der Waals surface area contributed by atoms with Gasteiger partial charge < -0.3 is 11.1 Å². The van der Waals surface area contributed by atoms with E-state index in [0.29, 0.717) is 5.56 Å². The van der Waals surface area contributed by atoms with Crippen LogP contribution in [0.25, 0.3) is 0 Å². The van der Waals surface area contributed by atoms with Crippen LogP contribution in [0.2, 0.25) is 0 Å². The van der Waals surface area contributed by atoms with Gasteiger partial charge in [0.2, 0.25) is 0 Å². The number of carbonyl (C=O) groups excluding carboxylic acids is 1. The van der Waals surface area contributed by atoms with Crippen LogP contribution in [-0.4, -0.2) is 10.9 Å². The van der Waals surface area contributed by atoms with Crippen LogP contribution >= 0.6 is 27.3 Å². The molecule has 1 atom stereocenters. The van der Waals surface area contributed by atoms with E-state index in [4.69, 9.17) is 5.73 Å². The van der Waals surface area contributed by atoms with Gasteiger partial charge in [0.05, 0.1) is 11.6 Å². The zero-order valence-electron chi connectivity index (χ0n) is 9.68. The van der Waals surface area contributed by atoms with Crippen LogP contribution in [0.4, 0.5) is 5.82 Å². The van der Waals surface area contributed by atoms with E-state index >= 15 is 0 Å². The fourth-order valence-electron chi connectivity index (χ4n) is 1.51. The molecular formula is C12H12BrN3OS. The van der Waals surface area contributed by atoms with Gasteiger partial charge in [-0.3, -0.25) is 4.79 Å². The van der Waals surface area contributed by atoms with E-state index in [1.165, 1.54) is 0 Å². The van der Waals surface area contributed by atoms with Crippen molar-refractivity contribution in [2.45, 2.75) is 13.0 Å². The number of thiophene rings is 1. The van der Waals surface area contributed by atoms with Gasteiger partial charge in [0.15, 0.2) is 0 Å². The van der Waals surface area contributed by atoms with Gasteiger partial charge in [-0.15, -0.1) is 11.3 Å². The maximum atomic E-state index is 12.1. The summed E-state index contributed by atoms with van der Waals surface area (Å²) >= 11 is 4.88. The molecule has 2 heterocycles. The number of aromatic nitrogens is 1. The van der Waals surface area contributed by atoms with Crippen LogP contribution in [0, 0.1) is 0 Å². The lowest BCUT2D eigenvalue weighted by Gasteiger charge is -2.13. The highest BCUT2D eigenvalue weighted by Crippen LogP contribution is 2.20. The summed E-state index contributed by atoms with van der Waals surface area (Å²) < 4.78 is 0.727. The molecule has 0 aliphatic carbocycles. The Balaban J connectivity index is 2.15. The van der Waals surface area contributed by atoms with Crippen molar-refractivity contribution in [3.8, 4) is 0 Å². The second-order valence-electron chi connectivity index (χ2n) is 3.80. The molecule has 0 saturated heterocycles. The number of pyridine rings is 1. The molecule has 0 fully saturated rings. The molecular weight excluding hydrogens is 314 g/mol. The zero-order valence-corrected chi connectivity index (χ0v) is 12.1. The number of nitrogens with zero attached hydrogens (tertiary/aromatic N) is 1. The number of nitrogens with one attached hydrogen (secondary N) is 1. The Bertz CT molecular complexity index is 556. The summed E-state index contributed by atoms with van der Waals surface area (Å²) in [7, 11) is 0. The number of anilines is 1.